The van der Waals surface area contributed by atoms with E-state index in [1.165, 1.54) is 12.1 Å². The molecular weight excluding hydrogens is 304 g/mol. The summed E-state index contributed by atoms with van der Waals surface area (Å²) in [5.74, 6) is -0.223. The quantitative estimate of drug-likeness (QED) is 0.526. The highest BCUT2D eigenvalue weighted by atomic mass is 79.9. The minimum absolute atomic E-state index is 0.294. The number of methoxy groups -OCH3 is 1. The van der Waals surface area contributed by atoms with Gasteiger partial charge < -0.3 is 15.2 Å². The van der Waals surface area contributed by atoms with Crippen molar-refractivity contribution in [3.05, 3.63) is 22.2 Å². The second-order valence-electron chi connectivity index (χ2n) is 3.50. The molecule has 0 heterocycles. The molecule has 0 spiro atoms. The summed E-state index contributed by atoms with van der Waals surface area (Å²) in [6.45, 7) is 0.968. The summed E-state index contributed by atoms with van der Waals surface area (Å²) in [6, 6.07) is 2.97. The molecule has 7 heteroatoms. The lowest BCUT2D eigenvalue weighted by Crippen LogP contribution is -2.12. The Morgan fingerprint density at radius 1 is 1.50 bits per heavy atom. The van der Waals surface area contributed by atoms with Crippen LogP contribution in [0.4, 0.5) is 5.69 Å². The molecule has 1 amide bonds. The predicted octanol–water partition coefficient (Wildman–Crippen LogP) is 1.76. The van der Waals surface area contributed by atoms with Gasteiger partial charge in [-0.3, -0.25) is 15.5 Å². The van der Waals surface area contributed by atoms with E-state index in [1.54, 1.807) is 7.11 Å². The molecule has 0 atom stereocenters. The minimum atomic E-state index is -0.568. The van der Waals surface area contributed by atoms with Crippen LogP contribution in [-0.4, -0.2) is 31.4 Å². The van der Waals surface area contributed by atoms with Gasteiger partial charge in [-0.25, -0.2) is 0 Å². The monoisotopic (exact) mass is 318 g/mol. The van der Waals surface area contributed by atoms with Crippen molar-refractivity contribution in [3.8, 4) is 5.75 Å². The van der Waals surface area contributed by atoms with Crippen molar-refractivity contribution in [1.29, 1.82) is 0 Å². The van der Waals surface area contributed by atoms with Crippen molar-refractivity contribution >= 4 is 27.5 Å². The maximum Gasteiger partial charge on any atom is 0.248 e. The van der Waals surface area contributed by atoms with Crippen LogP contribution in [0.3, 0.4) is 0 Å². The normalized spacial score (nSPS) is 10.2. The van der Waals surface area contributed by atoms with Crippen molar-refractivity contribution in [2.45, 2.75) is 6.42 Å². The van der Waals surface area contributed by atoms with Gasteiger partial charge in [0.1, 0.15) is 11.4 Å². The molecule has 0 saturated carbocycles. The number of rotatable bonds is 7. The SMILES string of the molecule is COCCCOc1cc(C(N)=O)cc(Br)c1NO. The first kappa shape index (κ1) is 14.7. The van der Waals surface area contributed by atoms with Crippen LogP contribution in [0.2, 0.25) is 0 Å². The number of halogens is 1. The first-order valence-electron chi connectivity index (χ1n) is 5.25. The van der Waals surface area contributed by atoms with E-state index in [2.05, 4.69) is 15.9 Å². The average Bonchev–Trinajstić information content (AvgIpc) is 2.34. The number of anilines is 1. The molecule has 0 unspecified atom stereocenters. The zero-order chi connectivity index (χ0) is 13.5. The van der Waals surface area contributed by atoms with Gasteiger partial charge in [0.2, 0.25) is 5.91 Å². The van der Waals surface area contributed by atoms with Crippen LogP contribution < -0.4 is 16.0 Å². The standard InChI is InChI=1S/C11H15BrN2O4/c1-17-3-2-4-18-9-6-7(11(13)15)5-8(12)10(9)14-16/h5-6,14,16H,2-4H2,1H3,(H2,13,15). The highest BCUT2D eigenvalue weighted by Gasteiger charge is 2.12. The number of benzene rings is 1. The molecule has 0 aromatic heterocycles. The van der Waals surface area contributed by atoms with Gasteiger partial charge in [0, 0.05) is 30.2 Å². The predicted molar refractivity (Wildman–Crippen MR) is 70.1 cm³/mol. The molecule has 18 heavy (non-hydrogen) atoms. The van der Waals surface area contributed by atoms with Gasteiger partial charge in [-0.15, -0.1) is 0 Å². The molecule has 1 rings (SSSR count). The Morgan fingerprint density at radius 3 is 2.78 bits per heavy atom. The van der Waals surface area contributed by atoms with Gasteiger partial charge >= 0.3 is 0 Å². The van der Waals surface area contributed by atoms with Crippen LogP contribution in [-0.2, 0) is 4.74 Å². The van der Waals surface area contributed by atoms with Crippen molar-refractivity contribution in [2.75, 3.05) is 25.8 Å². The number of nitrogens with one attached hydrogen (secondary N) is 1. The number of hydrogen-bond acceptors (Lipinski definition) is 5. The third kappa shape index (κ3) is 3.86. The summed E-state index contributed by atoms with van der Waals surface area (Å²) in [6.07, 6.45) is 0.694. The Balaban J connectivity index is 2.88. The number of hydrogen-bond donors (Lipinski definition) is 3. The fraction of sp³-hybridized carbons (Fsp3) is 0.364. The smallest absolute Gasteiger partial charge is 0.248 e. The minimum Gasteiger partial charge on any atom is -0.491 e. The van der Waals surface area contributed by atoms with Crippen molar-refractivity contribution < 1.29 is 19.5 Å². The van der Waals surface area contributed by atoms with E-state index in [4.69, 9.17) is 20.4 Å². The molecular formula is C11H15BrN2O4. The molecule has 0 aliphatic carbocycles. The van der Waals surface area contributed by atoms with E-state index in [0.29, 0.717) is 41.1 Å². The maximum atomic E-state index is 11.1. The molecule has 0 aliphatic heterocycles. The zero-order valence-corrected chi connectivity index (χ0v) is 11.5. The maximum absolute atomic E-state index is 11.1. The summed E-state index contributed by atoms with van der Waals surface area (Å²) < 4.78 is 10.8. The van der Waals surface area contributed by atoms with Crippen molar-refractivity contribution in [2.24, 2.45) is 5.73 Å². The second-order valence-corrected chi connectivity index (χ2v) is 4.36. The summed E-state index contributed by atoms with van der Waals surface area (Å²) in [4.78, 5) is 11.1. The summed E-state index contributed by atoms with van der Waals surface area (Å²) >= 11 is 3.21. The molecule has 0 radical (unpaired) electrons. The summed E-state index contributed by atoms with van der Waals surface area (Å²) in [5.41, 5.74) is 7.86. The largest absolute Gasteiger partial charge is 0.491 e. The van der Waals surface area contributed by atoms with Crippen molar-refractivity contribution in [1.82, 2.24) is 0 Å². The lowest BCUT2D eigenvalue weighted by atomic mass is 10.2. The Kier molecular flexibility index (Phi) is 5.90. The zero-order valence-electron chi connectivity index (χ0n) is 9.90. The van der Waals surface area contributed by atoms with Crippen molar-refractivity contribution in [3.63, 3.8) is 0 Å². The fourth-order valence-electron chi connectivity index (χ4n) is 1.33. The van der Waals surface area contributed by atoms with E-state index >= 15 is 0 Å². The Bertz CT molecular complexity index is 426. The van der Waals surface area contributed by atoms with Crippen LogP contribution in [0.25, 0.3) is 0 Å². The van der Waals surface area contributed by atoms with Crippen LogP contribution in [0.1, 0.15) is 16.8 Å². The first-order chi connectivity index (χ1) is 8.60. The molecule has 0 aliphatic rings. The topological polar surface area (TPSA) is 93.8 Å². The second kappa shape index (κ2) is 7.20. The summed E-state index contributed by atoms with van der Waals surface area (Å²) in [7, 11) is 1.60. The highest BCUT2D eigenvalue weighted by molar-refractivity contribution is 9.10. The number of primary amides is 1. The number of carbonyl (C=O) groups excluding carboxylic acids is 1. The molecule has 1 aromatic carbocycles. The molecule has 0 bridgehead atoms. The van der Waals surface area contributed by atoms with E-state index < -0.39 is 5.91 Å². The molecule has 0 fully saturated rings. The number of ether oxygens (including phenoxy) is 2. The van der Waals surface area contributed by atoms with Crippen LogP contribution in [0.15, 0.2) is 16.6 Å². The highest BCUT2D eigenvalue weighted by Crippen LogP contribution is 2.34. The van der Waals surface area contributed by atoms with Crippen LogP contribution in [0, 0.1) is 0 Å². The lowest BCUT2D eigenvalue weighted by molar-refractivity contribution is 0.0999. The molecule has 6 nitrogen and oxygen atoms in total. The number of nitrogens with two attached hydrogens (primary N) is 1. The Hall–Kier alpha value is -1.31. The van der Waals surface area contributed by atoms with E-state index in [9.17, 15) is 4.79 Å². The molecule has 4 N–H and O–H groups in total. The first-order valence-corrected chi connectivity index (χ1v) is 6.04. The molecule has 1 aromatic rings. The molecule has 100 valence electrons. The van der Waals surface area contributed by atoms with E-state index in [0.717, 1.165) is 0 Å². The van der Waals surface area contributed by atoms with E-state index in [1.807, 2.05) is 5.48 Å². The van der Waals surface area contributed by atoms with Gasteiger partial charge in [0.15, 0.2) is 0 Å². The average molecular weight is 319 g/mol. The van der Waals surface area contributed by atoms with Gasteiger partial charge in [-0.2, -0.15) is 0 Å². The fourth-order valence-corrected chi connectivity index (χ4v) is 1.86. The van der Waals surface area contributed by atoms with Gasteiger partial charge in [0.05, 0.1) is 6.61 Å². The molecule has 0 saturated heterocycles. The third-order valence-electron chi connectivity index (χ3n) is 2.20. The Morgan fingerprint density at radius 2 is 2.22 bits per heavy atom. The third-order valence-corrected chi connectivity index (χ3v) is 2.83. The van der Waals surface area contributed by atoms with Gasteiger partial charge in [-0.1, -0.05) is 0 Å². The number of carbonyl (C=O) groups is 1. The number of amides is 1. The van der Waals surface area contributed by atoms with Crippen LogP contribution >= 0.6 is 15.9 Å². The van der Waals surface area contributed by atoms with E-state index in [-0.39, 0.29) is 0 Å². The summed E-state index contributed by atoms with van der Waals surface area (Å²) in [5, 5.41) is 9.03. The van der Waals surface area contributed by atoms with Gasteiger partial charge in [-0.05, 0) is 28.1 Å². The lowest BCUT2D eigenvalue weighted by Gasteiger charge is -2.13. The van der Waals surface area contributed by atoms with Gasteiger partial charge in [0.25, 0.3) is 0 Å². The Labute approximate surface area is 113 Å². The van der Waals surface area contributed by atoms with Crippen LogP contribution in [0.5, 0.6) is 5.75 Å².